The molecule has 0 aromatic heterocycles. The van der Waals surface area contributed by atoms with Crippen LogP contribution < -0.4 is 5.32 Å². The predicted octanol–water partition coefficient (Wildman–Crippen LogP) is 6.03. The van der Waals surface area contributed by atoms with Crippen LogP contribution in [-0.2, 0) is 5.41 Å². The Morgan fingerprint density at radius 3 is 2.45 bits per heavy atom. The SMILES string of the molecule is CC1(C)CC(O)(C(F)(F)F)C(Nc2cccc3cc(O)ccc23)c2cc(Cl)cc(O)c21. The van der Waals surface area contributed by atoms with E-state index >= 15 is 0 Å². The van der Waals surface area contributed by atoms with Crippen molar-refractivity contribution in [3.8, 4) is 11.5 Å². The lowest BCUT2D eigenvalue weighted by Crippen LogP contribution is -2.58. The standard InChI is InChI=1S/C23H21ClF3NO3/c1-21(2)11-22(31,23(25,26)27)20(16-9-13(24)10-18(30)19(16)21)28-17-5-3-4-12-8-14(29)6-7-15(12)17/h3-10,20,28-31H,11H2,1-2H3. The number of hydrogen-bond donors (Lipinski definition) is 4. The molecule has 0 fully saturated rings. The second-order valence-corrected chi connectivity index (χ2v) is 9.10. The zero-order valence-electron chi connectivity index (χ0n) is 16.8. The Morgan fingerprint density at radius 2 is 1.77 bits per heavy atom. The van der Waals surface area contributed by atoms with Gasteiger partial charge in [0.25, 0.3) is 0 Å². The largest absolute Gasteiger partial charge is 0.508 e. The van der Waals surface area contributed by atoms with Crippen LogP contribution in [0, 0.1) is 0 Å². The molecule has 3 aromatic rings. The third-order valence-corrected chi connectivity index (χ3v) is 6.16. The summed E-state index contributed by atoms with van der Waals surface area (Å²) in [7, 11) is 0. The van der Waals surface area contributed by atoms with Crippen LogP contribution in [0.5, 0.6) is 11.5 Å². The molecule has 4 rings (SSSR count). The summed E-state index contributed by atoms with van der Waals surface area (Å²) >= 11 is 6.08. The maximum Gasteiger partial charge on any atom is 0.419 e. The normalized spacial score (nSPS) is 22.9. The lowest BCUT2D eigenvalue weighted by molar-refractivity contribution is -0.275. The van der Waals surface area contributed by atoms with E-state index in [2.05, 4.69) is 5.32 Å². The quantitative estimate of drug-likeness (QED) is 0.384. The molecule has 4 nitrogen and oxygen atoms in total. The summed E-state index contributed by atoms with van der Waals surface area (Å²) < 4.78 is 42.8. The first-order chi connectivity index (χ1) is 14.3. The van der Waals surface area contributed by atoms with Crippen LogP contribution in [0.4, 0.5) is 18.9 Å². The number of rotatable bonds is 2. The summed E-state index contributed by atoms with van der Waals surface area (Å²) in [4.78, 5) is 0. The molecule has 164 valence electrons. The smallest absolute Gasteiger partial charge is 0.419 e. The van der Waals surface area contributed by atoms with Gasteiger partial charge >= 0.3 is 6.18 Å². The molecular weight excluding hydrogens is 431 g/mol. The van der Waals surface area contributed by atoms with E-state index in [0.717, 1.165) is 0 Å². The number of aliphatic hydroxyl groups is 1. The Hall–Kier alpha value is -2.64. The minimum absolute atomic E-state index is 0.0258. The number of benzene rings is 3. The molecule has 2 unspecified atom stereocenters. The Bertz CT molecular complexity index is 1180. The lowest BCUT2D eigenvalue weighted by atomic mass is 9.63. The van der Waals surface area contributed by atoms with Gasteiger partial charge in [0.2, 0.25) is 0 Å². The molecule has 0 bridgehead atoms. The molecular formula is C23H21ClF3NO3. The highest BCUT2D eigenvalue weighted by Gasteiger charge is 2.64. The first-order valence-electron chi connectivity index (χ1n) is 9.64. The average Bonchev–Trinajstić information content (AvgIpc) is 2.62. The Kier molecular flexibility index (Phi) is 4.83. The van der Waals surface area contributed by atoms with E-state index in [9.17, 15) is 28.5 Å². The fourth-order valence-corrected chi connectivity index (χ4v) is 4.93. The second kappa shape index (κ2) is 6.93. The van der Waals surface area contributed by atoms with Gasteiger partial charge in [-0.25, -0.2) is 0 Å². The van der Waals surface area contributed by atoms with Crippen molar-refractivity contribution >= 4 is 28.1 Å². The average molecular weight is 452 g/mol. The predicted molar refractivity (Wildman–Crippen MR) is 114 cm³/mol. The van der Waals surface area contributed by atoms with Crippen molar-refractivity contribution in [1.29, 1.82) is 0 Å². The molecule has 4 N–H and O–H groups in total. The van der Waals surface area contributed by atoms with E-state index in [1.165, 1.54) is 24.3 Å². The number of phenolic OH excluding ortho intramolecular Hbond substituents is 2. The number of aromatic hydroxyl groups is 2. The number of anilines is 1. The molecule has 0 amide bonds. The van der Waals surface area contributed by atoms with Crippen LogP contribution >= 0.6 is 11.6 Å². The van der Waals surface area contributed by atoms with Gasteiger partial charge in [0.15, 0.2) is 5.60 Å². The number of hydrogen-bond acceptors (Lipinski definition) is 4. The van der Waals surface area contributed by atoms with Crippen molar-refractivity contribution in [1.82, 2.24) is 0 Å². The van der Waals surface area contributed by atoms with E-state index in [0.29, 0.717) is 22.0 Å². The van der Waals surface area contributed by atoms with Crippen LogP contribution in [0.3, 0.4) is 0 Å². The van der Waals surface area contributed by atoms with Gasteiger partial charge in [-0.2, -0.15) is 13.2 Å². The molecule has 3 aromatic carbocycles. The van der Waals surface area contributed by atoms with Crippen LogP contribution in [-0.4, -0.2) is 27.1 Å². The first-order valence-corrected chi connectivity index (χ1v) is 10.0. The number of halogens is 4. The summed E-state index contributed by atoms with van der Waals surface area (Å²) in [5.41, 5.74) is -3.56. The minimum atomic E-state index is -4.96. The molecule has 8 heteroatoms. The van der Waals surface area contributed by atoms with E-state index in [-0.39, 0.29) is 22.1 Å². The van der Waals surface area contributed by atoms with Gasteiger partial charge in [0.05, 0.1) is 6.04 Å². The van der Waals surface area contributed by atoms with E-state index in [4.69, 9.17) is 11.6 Å². The Balaban J connectivity index is 1.96. The third-order valence-electron chi connectivity index (χ3n) is 5.94. The van der Waals surface area contributed by atoms with Gasteiger partial charge in [0.1, 0.15) is 11.5 Å². The summed E-state index contributed by atoms with van der Waals surface area (Å²) in [6, 6.07) is 10.5. The van der Waals surface area contributed by atoms with Crippen molar-refractivity contribution in [3.63, 3.8) is 0 Å². The highest BCUT2D eigenvalue weighted by Crippen LogP contribution is 2.56. The molecule has 0 saturated carbocycles. The van der Waals surface area contributed by atoms with Crippen molar-refractivity contribution in [2.45, 2.75) is 43.5 Å². The summed E-state index contributed by atoms with van der Waals surface area (Å²) in [5, 5.41) is 35.4. The van der Waals surface area contributed by atoms with Crippen LogP contribution in [0.1, 0.15) is 37.4 Å². The van der Waals surface area contributed by atoms with Gasteiger partial charge in [-0.3, -0.25) is 0 Å². The fourth-order valence-electron chi connectivity index (χ4n) is 4.71. The summed E-state index contributed by atoms with van der Waals surface area (Å²) in [6.07, 6.45) is -5.62. The highest BCUT2D eigenvalue weighted by molar-refractivity contribution is 6.30. The van der Waals surface area contributed by atoms with Crippen molar-refractivity contribution in [2.24, 2.45) is 0 Å². The van der Waals surface area contributed by atoms with E-state index in [1.54, 1.807) is 38.1 Å². The van der Waals surface area contributed by atoms with E-state index < -0.39 is 29.7 Å². The minimum Gasteiger partial charge on any atom is -0.508 e. The molecule has 31 heavy (non-hydrogen) atoms. The molecule has 0 aliphatic heterocycles. The second-order valence-electron chi connectivity index (χ2n) is 8.66. The molecule has 2 atom stereocenters. The van der Waals surface area contributed by atoms with Crippen LogP contribution in [0.25, 0.3) is 10.8 Å². The van der Waals surface area contributed by atoms with Gasteiger partial charge < -0.3 is 20.6 Å². The van der Waals surface area contributed by atoms with Gasteiger partial charge in [-0.1, -0.05) is 37.6 Å². The molecule has 0 heterocycles. The number of phenols is 2. The molecule has 0 radical (unpaired) electrons. The number of fused-ring (bicyclic) bond motifs is 2. The van der Waals surface area contributed by atoms with Crippen LogP contribution in [0.15, 0.2) is 48.5 Å². The van der Waals surface area contributed by atoms with Crippen LogP contribution in [0.2, 0.25) is 5.02 Å². The lowest BCUT2D eigenvalue weighted by Gasteiger charge is -2.49. The molecule has 1 aliphatic carbocycles. The Labute approximate surface area is 181 Å². The third kappa shape index (κ3) is 3.46. The Morgan fingerprint density at radius 1 is 1.06 bits per heavy atom. The van der Waals surface area contributed by atoms with Gasteiger partial charge in [-0.05, 0) is 59.2 Å². The van der Waals surface area contributed by atoms with Gasteiger partial charge in [0, 0.05) is 21.7 Å². The molecule has 0 spiro atoms. The summed E-state index contributed by atoms with van der Waals surface area (Å²) in [5.74, 6) is -0.190. The van der Waals surface area contributed by atoms with E-state index in [1.807, 2.05) is 0 Å². The monoisotopic (exact) mass is 451 g/mol. The molecule has 0 saturated heterocycles. The number of alkyl halides is 3. The fraction of sp³-hybridized carbons (Fsp3) is 0.304. The maximum atomic E-state index is 14.3. The zero-order valence-corrected chi connectivity index (χ0v) is 17.5. The van der Waals surface area contributed by atoms with Crippen molar-refractivity contribution < 1.29 is 28.5 Å². The van der Waals surface area contributed by atoms with Crippen molar-refractivity contribution in [2.75, 3.05) is 5.32 Å². The topological polar surface area (TPSA) is 72.7 Å². The maximum absolute atomic E-state index is 14.3. The first kappa shape index (κ1) is 21.6. The zero-order chi connectivity index (χ0) is 22.8. The summed E-state index contributed by atoms with van der Waals surface area (Å²) in [6.45, 7) is 3.10. The highest BCUT2D eigenvalue weighted by atomic mass is 35.5. The molecule has 1 aliphatic rings. The van der Waals surface area contributed by atoms with Crippen molar-refractivity contribution in [3.05, 3.63) is 64.7 Å². The number of nitrogens with one attached hydrogen (secondary N) is 1. The van der Waals surface area contributed by atoms with Gasteiger partial charge in [-0.15, -0.1) is 0 Å².